The minimum absolute atomic E-state index is 0.250. The Hall–Kier alpha value is -2.53. The largest absolute Gasteiger partial charge is 0.492 e. The number of nitrogens with zero attached hydrogens (tertiary/aromatic N) is 2. The van der Waals surface area contributed by atoms with Crippen molar-refractivity contribution in [2.24, 2.45) is 5.92 Å². The highest BCUT2D eigenvalue weighted by Crippen LogP contribution is 2.30. The topological polar surface area (TPSA) is 47.7 Å². The van der Waals surface area contributed by atoms with Gasteiger partial charge in [0.05, 0.1) is 0 Å². The maximum atomic E-state index is 5.90. The number of hydrogen-bond acceptors (Lipinski definition) is 5. The molecular formula is C22H26N2O3. The monoisotopic (exact) mass is 366 g/mol. The van der Waals surface area contributed by atoms with Gasteiger partial charge in [-0.3, -0.25) is 4.90 Å². The maximum absolute atomic E-state index is 5.90. The molecule has 1 aromatic heterocycles. The van der Waals surface area contributed by atoms with Gasteiger partial charge in [-0.15, -0.1) is 0 Å². The number of ether oxygens (including phenoxy) is 2. The summed E-state index contributed by atoms with van der Waals surface area (Å²) < 4.78 is 17.2. The molecule has 0 bridgehead atoms. The van der Waals surface area contributed by atoms with E-state index in [9.17, 15) is 0 Å². The fraction of sp³-hybridized carbons (Fsp3) is 0.409. The van der Waals surface area contributed by atoms with E-state index < -0.39 is 0 Å². The zero-order valence-electron chi connectivity index (χ0n) is 15.8. The van der Waals surface area contributed by atoms with E-state index in [1.807, 2.05) is 48.5 Å². The summed E-state index contributed by atoms with van der Waals surface area (Å²) in [4.78, 5) is 6.84. The SMILES string of the molecule is CCCN(CCOc1ccc(Oc2nc3ccccc3o2)cc1)CC1CC1. The third kappa shape index (κ3) is 5.01. The predicted octanol–water partition coefficient (Wildman–Crippen LogP) is 5.12. The van der Waals surface area contributed by atoms with Crippen LogP contribution in [0.25, 0.3) is 11.1 Å². The molecule has 5 heteroatoms. The fourth-order valence-electron chi connectivity index (χ4n) is 3.17. The number of aromatic nitrogens is 1. The molecule has 0 radical (unpaired) electrons. The molecule has 1 saturated carbocycles. The van der Waals surface area contributed by atoms with Gasteiger partial charge in [-0.25, -0.2) is 0 Å². The number of para-hydroxylation sites is 2. The number of hydrogen-bond donors (Lipinski definition) is 0. The molecule has 0 N–H and O–H groups in total. The van der Waals surface area contributed by atoms with Gasteiger partial charge in [0.25, 0.3) is 0 Å². The summed E-state index contributed by atoms with van der Waals surface area (Å²) >= 11 is 0. The molecule has 142 valence electrons. The fourth-order valence-corrected chi connectivity index (χ4v) is 3.17. The molecule has 1 heterocycles. The van der Waals surface area contributed by atoms with Gasteiger partial charge in [-0.1, -0.05) is 19.1 Å². The van der Waals surface area contributed by atoms with Gasteiger partial charge in [0.2, 0.25) is 0 Å². The Morgan fingerprint density at radius 3 is 2.56 bits per heavy atom. The standard InChI is InChI=1S/C22H26N2O3/c1-2-13-24(16-17-7-8-17)14-15-25-18-9-11-19(12-10-18)26-22-23-20-5-3-4-6-21(20)27-22/h3-6,9-12,17H,2,7-8,13-16H2,1H3. The predicted molar refractivity (Wildman–Crippen MR) is 105 cm³/mol. The molecular weight excluding hydrogens is 340 g/mol. The first-order chi connectivity index (χ1) is 13.3. The highest BCUT2D eigenvalue weighted by Gasteiger charge is 2.23. The van der Waals surface area contributed by atoms with Crippen LogP contribution in [0.4, 0.5) is 0 Å². The molecule has 1 aliphatic rings. The van der Waals surface area contributed by atoms with E-state index in [1.54, 1.807) is 0 Å². The molecule has 2 aromatic carbocycles. The Bertz CT molecular complexity index is 822. The third-order valence-corrected chi connectivity index (χ3v) is 4.73. The van der Waals surface area contributed by atoms with Crippen LogP contribution in [0.1, 0.15) is 26.2 Å². The van der Waals surface area contributed by atoms with Crippen LogP contribution in [0.3, 0.4) is 0 Å². The Morgan fingerprint density at radius 2 is 1.81 bits per heavy atom. The van der Waals surface area contributed by atoms with Crippen LogP contribution in [-0.4, -0.2) is 36.1 Å². The van der Waals surface area contributed by atoms with Gasteiger partial charge in [-0.2, -0.15) is 4.98 Å². The zero-order chi connectivity index (χ0) is 18.5. The maximum Gasteiger partial charge on any atom is 0.400 e. The van der Waals surface area contributed by atoms with Gasteiger partial charge in [-0.05, 0) is 68.1 Å². The van der Waals surface area contributed by atoms with Crippen molar-refractivity contribution in [3.05, 3.63) is 48.5 Å². The Morgan fingerprint density at radius 1 is 1.04 bits per heavy atom. The highest BCUT2D eigenvalue weighted by molar-refractivity contribution is 5.72. The molecule has 4 rings (SSSR count). The van der Waals surface area contributed by atoms with Crippen molar-refractivity contribution in [2.45, 2.75) is 26.2 Å². The number of benzene rings is 2. The molecule has 1 aliphatic carbocycles. The van der Waals surface area contributed by atoms with Gasteiger partial charge in [0.15, 0.2) is 5.58 Å². The van der Waals surface area contributed by atoms with Gasteiger partial charge in [0, 0.05) is 13.1 Å². The lowest BCUT2D eigenvalue weighted by Gasteiger charge is -2.21. The van der Waals surface area contributed by atoms with Crippen molar-refractivity contribution in [1.82, 2.24) is 9.88 Å². The van der Waals surface area contributed by atoms with Crippen LogP contribution in [0.15, 0.2) is 52.9 Å². The van der Waals surface area contributed by atoms with Crippen molar-refractivity contribution < 1.29 is 13.9 Å². The molecule has 0 unspecified atom stereocenters. The average molecular weight is 366 g/mol. The van der Waals surface area contributed by atoms with Crippen molar-refractivity contribution >= 4 is 11.1 Å². The van der Waals surface area contributed by atoms with Gasteiger partial charge < -0.3 is 13.9 Å². The first-order valence-corrected chi connectivity index (χ1v) is 9.79. The summed E-state index contributed by atoms with van der Waals surface area (Å²) in [7, 11) is 0. The number of oxazole rings is 1. The Balaban J connectivity index is 1.27. The zero-order valence-corrected chi connectivity index (χ0v) is 15.8. The highest BCUT2D eigenvalue weighted by atomic mass is 16.6. The molecule has 27 heavy (non-hydrogen) atoms. The molecule has 5 nitrogen and oxygen atoms in total. The van der Waals surface area contributed by atoms with E-state index in [-0.39, 0.29) is 6.08 Å². The minimum Gasteiger partial charge on any atom is -0.492 e. The Labute approximate surface area is 159 Å². The van der Waals surface area contributed by atoms with Crippen LogP contribution < -0.4 is 9.47 Å². The quantitative estimate of drug-likeness (QED) is 0.498. The van der Waals surface area contributed by atoms with Crippen LogP contribution in [0, 0.1) is 5.92 Å². The molecule has 0 spiro atoms. The Kier molecular flexibility index (Phi) is 5.58. The van der Waals surface area contributed by atoms with Gasteiger partial charge in [0.1, 0.15) is 23.6 Å². The lowest BCUT2D eigenvalue weighted by atomic mass is 10.3. The minimum atomic E-state index is 0.250. The molecule has 1 fully saturated rings. The van der Waals surface area contributed by atoms with Crippen molar-refractivity contribution in [3.8, 4) is 17.6 Å². The van der Waals surface area contributed by atoms with Crippen LogP contribution in [0.5, 0.6) is 17.6 Å². The van der Waals surface area contributed by atoms with Crippen molar-refractivity contribution in [2.75, 3.05) is 26.2 Å². The second-order valence-electron chi connectivity index (χ2n) is 7.11. The summed E-state index contributed by atoms with van der Waals surface area (Å²) in [5.41, 5.74) is 1.51. The van der Waals surface area contributed by atoms with E-state index in [0.29, 0.717) is 12.4 Å². The van der Waals surface area contributed by atoms with E-state index in [0.717, 1.165) is 35.9 Å². The molecule has 3 aromatic rings. The van der Waals surface area contributed by atoms with Crippen molar-refractivity contribution in [1.29, 1.82) is 0 Å². The summed E-state index contributed by atoms with van der Waals surface area (Å²) in [5, 5.41) is 0. The van der Waals surface area contributed by atoms with E-state index in [2.05, 4.69) is 16.8 Å². The first kappa shape index (κ1) is 17.9. The van der Waals surface area contributed by atoms with E-state index in [1.165, 1.54) is 25.8 Å². The lowest BCUT2D eigenvalue weighted by molar-refractivity contribution is 0.203. The summed E-state index contributed by atoms with van der Waals surface area (Å²) in [5.74, 6) is 2.44. The van der Waals surface area contributed by atoms with Crippen LogP contribution >= 0.6 is 0 Å². The second kappa shape index (κ2) is 8.44. The van der Waals surface area contributed by atoms with Crippen LogP contribution in [0.2, 0.25) is 0 Å². The van der Waals surface area contributed by atoms with Gasteiger partial charge >= 0.3 is 6.08 Å². The number of fused-ring (bicyclic) bond motifs is 1. The molecule has 0 amide bonds. The number of rotatable bonds is 10. The average Bonchev–Trinajstić information content (AvgIpc) is 3.40. The summed E-state index contributed by atoms with van der Waals surface area (Å²) in [6, 6.07) is 15.2. The second-order valence-corrected chi connectivity index (χ2v) is 7.11. The third-order valence-electron chi connectivity index (χ3n) is 4.73. The normalized spacial score (nSPS) is 14.0. The lowest BCUT2D eigenvalue weighted by Crippen LogP contribution is -2.31. The smallest absolute Gasteiger partial charge is 0.400 e. The summed E-state index contributed by atoms with van der Waals surface area (Å²) in [6.07, 6.45) is 4.22. The molecule has 0 saturated heterocycles. The van der Waals surface area contributed by atoms with E-state index >= 15 is 0 Å². The van der Waals surface area contributed by atoms with E-state index in [4.69, 9.17) is 13.9 Å². The van der Waals surface area contributed by atoms with Crippen LogP contribution in [-0.2, 0) is 0 Å². The van der Waals surface area contributed by atoms with Crippen molar-refractivity contribution in [3.63, 3.8) is 0 Å². The summed E-state index contributed by atoms with van der Waals surface area (Å²) in [6.45, 7) is 6.28. The molecule has 0 atom stereocenters. The molecule has 0 aliphatic heterocycles. The first-order valence-electron chi connectivity index (χ1n) is 9.79.